The van der Waals surface area contributed by atoms with E-state index in [1.165, 1.54) is 86.2 Å². The molecule has 0 saturated carbocycles. The molecule has 0 bridgehead atoms. The molecular weight excluding hydrogens is 1220 g/mol. The summed E-state index contributed by atoms with van der Waals surface area (Å²) in [6.07, 6.45) is 15.9. The number of carbonyl (C=O) groups is 6. The fraction of sp³-hybridized carbons (Fsp3) is 0.355. The Morgan fingerprint density at radius 1 is 0.598 bits per heavy atom. The first-order chi connectivity index (χ1) is 39.8. The molecule has 82 heavy (non-hydrogen) atoms. The van der Waals surface area contributed by atoms with Crippen LogP contribution in [0.15, 0.2) is 126 Å². The number of carbonyl (C=O) groups excluding carboxylic acids is 6. The van der Waals surface area contributed by atoms with Gasteiger partial charge in [-0.25, -0.2) is 8.78 Å². The first-order valence-electron chi connectivity index (χ1n) is 28.3. The molecule has 0 spiro atoms. The van der Waals surface area contributed by atoms with Crippen molar-refractivity contribution in [3.8, 4) is 11.3 Å². The maximum absolute atomic E-state index is 14.7. The number of aromatic nitrogens is 6. The van der Waals surface area contributed by atoms with Crippen LogP contribution in [0.25, 0.3) is 33.1 Å². The molecule has 16 nitrogen and oxygen atoms in total. The Labute approximate surface area is 488 Å². The summed E-state index contributed by atoms with van der Waals surface area (Å²) in [5.74, 6) is -4.24. The summed E-state index contributed by atoms with van der Waals surface area (Å²) in [5.41, 5.74) is 3.34. The average Bonchev–Trinajstić information content (AvgIpc) is 4.55. The van der Waals surface area contributed by atoms with Gasteiger partial charge in [0, 0.05) is 89.8 Å². The zero-order valence-electron chi connectivity index (χ0n) is 46.6. The fourth-order valence-electron chi connectivity index (χ4n) is 11.0. The molecule has 0 radical (unpaired) electrons. The van der Waals surface area contributed by atoms with Gasteiger partial charge >= 0.3 is 117 Å². The van der Waals surface area contributed by atoms with Crippen LogP contribution in [0.5, 0.6) is 0 Å². The van der Waals surface area contributed by atoms with Crippen molar-refractivity contribution in [2.24, 2.45) is 11.8 Å². The number of halogens is 3. The van der Waals surface area contributed by atoms with E-state index in [2.05, 4.69) is 83.8 Å². The number of ketones is 2. The number of Topliss-reactive ketones (excluding diaryl/α,β-unsaturated/α-hetero) is 2. The number of H-pyrrole nitrogens is 4. The normalized spacial score (nSPS) is 15.0. The van der Waals surface area contributed by atoms with E-state index in [0.717, 1.165) is 0 Å². The molecule has 2 saturated heterocycles. The first-order valence-corrected chi connectivity index (χ1v) is 36.6. The van der Waals surface area contributed by atoms with Crippen molar-refractivity contribution in [1.29, 1.82) is 0 Å². The number of likely N-dealkylation sites (tertiary alicyclic amines) is 2. The standard InChI is InChI=1S/C25H22FN5O3.C22H19BrFN3O3.3C4H9.C3H3N2.Sn/c26-19-7-6-17(20-8-10-29-30-20)22-21(19)18(13-27-22)23(32)25(34)31-11-9-15(14-31)12-28-24(33)16-4-2-1-3-5-16;23-16-6-7-17(24)18-15(11-25-19(16)18)20(28)22(30)27-9-8-13(12-27)10-26-21(29)14-4-2-1-3-5-14;3*1-3-4-2;1-2-4-5-3-1;/h1-8,10,13,15,27H,9,11-12,14H2,(H,28,33)(H,29,30);1-7,11,13,25H,8-10,12H2,(H,26,29);3*1,3-4H2,2H3;1-2H,(H,4,5);/t15-;13-;;;;;/m11...../s1. The van der Waals surface area contributed by atoms with Gasteiger partial charge in [0.25, 0.3) is 35.2 Å². The van der Waals surface area contributed by atoms with Gasteiger partial charge in [-0.2, -0.15) is 5.10 Å². The van der Waals surface area contributed by atoms with Crippen molar-refractivity contribution in [2.45, 2.75) is 85.4 Å². The number of fused-ring (bicyclic) bond motifs is 2. The molecule has 6 heterocycles. The van der Waals surface area contributed by atoms with Gasteiger partial charge in [-0.3, -0.25) is 33.9 Å². The monoisotopic (exact) mass is 1290 g/mol. The Bertz CT molecular complexity index is 3430. The minimum Gasteiger partial charge on any atom is -0.360 e. The number of nitrogens with zero attached hydrogens (tertiary/aromatic N) is 4. The Morgan fingerprint density at radius 3 is 1.52 bits per heavy atom. The molecule has 0 unspecified atom stereocenters. The van der Waals surface area contributed by atoms with Crippen LogP contribution >= 0.6 is 15.9 Å². The van der Waals surface area contributed by atoms with Crippen molar-refractivity contribution in [1.82, 2.24) is 50.8 Å². The number of unbranched alkanes of at least 4 members (excludes halogenated alkanes) is 3. The van der Waals surface area contributed by atoms with Gasteiger partial charge in [0.15, 0.2) is 0 Å². The third-order valence-corrected chi connectivity index (χ3v) is 31.5. The van der Waals surface area contributed by atoms with Crippen LogP contribution in [0.3, 0.4) is 0 Å². The second-order valence-corrected chi connectivity index (χ2v) is 35.2. The Kier molecular flexibility index (Phi) is 21.6. The largest absolute Gasteiger partial charge is 0.360 e. The number of benzene rings is 4. The number of aromatic amines is 4. The zero-order valence-corrected chi connectivity index (χ0v) is 51.0. The molecule has 2 fully saturated rings. The second-order valence-electron chi connectivity index (χ2n) is 21.2. The van der Waals surface area contributed by atoms with Crippen LogP contribution in [-0.4, -0.2) is 133 Å². The van der Waals surface area contributed by atoms with Gasteiger partial charge in [-0.15, -0.1) is 0 Å². The molecule has 6 N–H and O–H groups in total. The molecule has 2 atom stereocenters. The summed E-state index contributed by atoms with van der Waals surface area (Å²) in [4.78, 5) is 84.7. The molecule has 8 aromatic rings. The molecule has 2 aliphatic heterocycles. The van der Waals surface area contributed by atoms with Crippen LogP contribution in [0, 0.1) is 23.5 Å². The predicted molar refractivity (Wildman–Crippen MR) is 321 cm³/mol. The SMILES string of the molecule is CCC[CH2][Sn]([CH2]CCC)([CH2]CCC)[c]1ccn[nH]1.O=C(NC[C@H]1CCN(C(=O)C(=O)c2c[nH]c3c(-c4ccn[nH]4)ccc(F)c23)C1)c1ccccc1.O=C(NC[C@H]1CCN(C(=O)C(=O)c2c[nH]c3c(Br)ccc(F)c23)C1)c1ccccc1. The molecule has 430 valence electrons. The van der Waals surface area contributed by atoms with E-state index in [1.54, 1.807) is 76.6 Å². The minimum atomic E-state index is -2.15. The van der Waals surface area contributed by atoms with Crippen molar-refractivity contribution < 1.29 is 37.5 Å². The van der Waals surface area contributed by atoms with Gasteiger partial charge < -0.3 is 30.4 Å². The van der Waals surface area contributed by atoms with Crippen LogP contribution < -0.4 is 14.3 Å². The van der Waals surface area contributed by atoms with Gasteiger partial charge in [0.2, 0.25) is 0 Å². The average molecular weight is 1290 g/mol. The van der Waals surface area contributed by atoms with E-state index < -0.39 is 53.4 Å². The number of hydrogen-bond donors (Lipinski definition) is 6. The van der Waals surface area contributed by atoms with E-state index in [4.69, 9.17) is 0 Å². The molecule has 4 aromatic carbocycles. The fourth-order valence-corrected chi connectivity index (χ4v) is 26.8. The predicted octanol–water partition coefficient (Wildman–Crippen LogP) is 11.2. The second kappa shape index (κ2) is 29.1. The van der Waals surface area contributed by atoms with Crippen LogP contribution in [-0.2, 0) is 9.59 Å². The van der Waals surface area contributed by atoms with Gasteiger partial charge in [0.05, 0.1) is 27.9 Å². The van der Waals surface area contributed by atoms with Crippen LogP contribution in [0.2, 0.25) is 13.3 Å². The maximum Gasteiger partial charge on any atom is 0.295 e. The van der Waals surface area contributed by atoms with E-state index >= 15 is 0 Å². The quantitative estimate of drug-likeness (QED) is 0.0230. The Balaban J connectivity index is 0.000000169. The summed E-state index contributed by atoms with van der Waals surface area (Å²) >= 11 is 1.16. The van der Waals surface area contributed by atoms with Crippen LogP contribution in [0.1, 0.15) is 114 Å². The minimum absolute atomic E-state index is 0.000282. The van der Waals surface area contributed by atoms with Gasteiger partial charge in [-0.05, 0) is 95.2 Å². The molecule has 0 aliphatic carbocycles. The third-order valence-electron chi connectivity index (χ3n) is 15.6. The number of amides is 4. The van der Waals surface area contributed by atoms with E-state index in [1.807, 2.05) is 18.3 Å². The molecular formula is C62H71BrF2N10O6Sn. The summed E-state index contributed by atoms with van der Waals surface area (Å²) in [5, 5.41) is 20.3. The summed E-state index contributed by atoms with van der Waals surface area (Å²) in [6, 6.07) is 27.5. The first kappa shape index (κ1) is 60.8. The van der Waals surface area contributed by atoms with E-state index in [0.29, 0.717) is 90.0 Å². The summed E-state index contributed by atoms with van der Waals surface area (Å²) in [7, 11) is 0. The van der Waals surface area contributed by atoms with Crippen LogP contribution in [0.4, 0.5) is 8.78 Å². The zero-order chi connectivity index (χ0) is 58.2. The number of nitrogens with one attached hydrogen (secondary N) is 6. The topological polar surface area (TPSA) is 222 Å². The molecule has 4 aromatic heterocycles. The van der Waals surface area contributed by atoms with Crippen molar-refractivity contribution in [3.63, 3.8) is 0 Å². The smallest absolute Gasteiger partial charge is 0.295 e. The summed E-state index contributed by atoms with van der Waals surface area (Å²) < 4.78 is 35.8. The van der Waals surface area contributed by atoms with E-state index in [-0.39, 0.29) is 45.5 Å². The van der Waals surface area contributed by atoms with Crippen molar-refractivity contribution >= 4 is 95.0 Å². The molecule has 20 heteroatoms. The van der Waals surface area contributed by atoms with Gasteiger partial charge in [0.1, 0.15) is 11.6 Å². The molecule has 10 rings (SSSR count). The third kappa shape index (κ3) is 14.7. The maximum atomic E-state index is 14.7. The Morgan fingerprint density at radius 2 is 1.06 bits per heavy atom. The van der Waals surface area contributed by atoms with E-state index in [9.17, 15) is 37.5 Å². The number of rotatable bonds is 21. The summed E-state index contributed by atoms with van der Waals surface area (Å²) in [6.45, 7) is 9.33. The van der Waals surface area contributed by atoms with Crippen molar-refractivity contribution in [2.75, 3.05) is 39.3 Å². The molecule has 4 amide bonds. The molecule has 2 aliphatic rings. The number of hydrogen-bond acceptors (Lipinski definition) is 8. The van der Waals surface area contributed by atoms with Gasteiger partial charge in [-0.1, -0.05) is 36.4 Å². The Hall–Kier alpha value is -7.26. The van der Waals surface area contributed by atoms with Crippen molar-refractivity contribution in [3.05, 3.63) is 160 Å².